The summed E-state index contributed by atoms with van der Waals surface area (Å²) >= 11 is 5.39. The van der Waals surface area contributed by atoms with E-state index in [0.717, 1.165) is 0 Å². The lowest BCUT2D eigenvalue weighted by molar-refractivity contribution is -0.175. The van der Waals surface area contributed by atoms with E-state index in [0.29, 0.717) is 0 Å². The first-order valence-corrected chi connectivity index (χ1v) is 4.16. The highest BCUT2D eigenvalue weighted by Crippen LogP contribution is 2.36. The van der Waals surface area contributed by atoms with Gasteiger partial charge in [0.15, 0.2) is 11.3 Å². The molecule has 0 saturated heterocycles. The molecule has 76 valence electrons. The normalized spacial score (nSPS) is 51.8. The third kappa shape index (κ3) is 1.84. The van der Waals surface area contributed by atoms with Crippen LogP contribution in [0.5, 0.6) is 0 Å². The van der Waals surface area contributed by atoms with Gasteiger partial charge in [-0.2, -0.15) is 0 Å². The number of hydrogen-bond donors (Lipinski definition) is 4. The van der Waals surface area contributed by atoms with Gasteiger partial charge in [-0.15, -0.1) is 0 Å². The van der Waals surface area contributed by atoms with Gasteiger partial charge in [-0.05, 0) is 0 Å². The number of halogens is 1. The fourth-order valence-corrected chi connectivity index (χ4v) is 1.51. The molecule has 0 unspecified atom stereocenters. The van der Waals surface area contributed by atoms with Gasteiger partial charge >= 0.3 is 0 Å². The van der Waals surface area contributed by atoms with Crippen LogP contribution in [0.25, 0.3) is 0 Å². The standard InChI is InChI=1S/C7H11ClO5/c8-7(13)4(10)1-6(12,3-9)2-5(7)11/h3-5,10-13H,1-2H2/t4-,5-,6?,7?/m1/s1. The highest BCUT2D eigenvalue weighted by atomic mass is 35.5. The smallest absolute Gasteiger partial charge is 0.190 e. The lowest BCUT2D eigenvalue weighted by Gasteiger charge is -2.41. The zero-order valence-electron chi connectivity index (χ0n) is 6.72. The molecule has 1 fully saturated rings. The topological polar surface area (TPSA) is 98.0 Å². The van der Waals surface area contributed by atoms with Crippen molar-refractivity contribution in [1.82, 2.24) is 0 Å². The minimum Gasteiger partial charge on any atom is -0.389 e. The fraction of sp³-hybridized carbons (Fsp3) is 0.857. The molecule has 0 aromatic carbocycles. The van der Waals surface area contributed by atoms with Gasteiger partial charge < -0.3 is 25.2 Å². The average molecular weight is 211 g/mol. The van der Waals surface area contributed by atoms with Crippen LogP contribution in [0.1, 0.15) is 12.8 Å². The van der Waals surface area contributed by atoms with Gasteiger partial charge in [0.05, 0.1) is 0 Å². The number of carbonyl (C=O) groups excluding carboxylic acids is 1. The van der Waals surface area contributed by atoms with Crippen LogP contribution in [0.3, 0.4) is 0 Å². The third-order valence-electron chi connectivity index (χ3n) is 2.25. The molecule has 0 heterocycles. The van der Waals surface area contributed by atoms with Crippen LogP contribution in [0.4, 0.5) is 0 Å². The van der Waals surface area contributed by atoms with Crippen molar-refractivity contribution in [2.24, 2.45) is 0 Å². The maximum absolute atomic E-state index is 10.4. The molecular weight excluding hydrogens is 200 g/mol. The minimum atomic E-state index is -2.19. The molecule has 4 N–H and O–H groups in total. The molecule has 0 aromatic rings. The first-order chi connectivity index (χ1) is 5.82. The van der Waals surface area contributed by atoms with Crippen molar-refractivity contribution in [3.8, 4) is 0 Å². The van der Waals surface area contributed by atoms with Gasteiger partial charge in [0.1, 0.15) is 17.8 Å². The van der Waals surface area contributed by atoms with E-state index < -0.39 is 22.9 Å². The monoisotopic (exact) mass is 210 g/mol. The Kier molecular flexibility index (Phi) is 2.66. The van der Waals surface area contributed by atoms with Gasteiger partial charge in [0, 0.05) is 12.8 Å². The number of alkyl halides is 1. The molecule has 0 spiro atoms. The second kappa shape index (κ2) is 3.18. The number of carbonyl (C=O) groups is 1. The summed E-state index contributed by atoms with van der Waals surface area (Å²) in [7, 11) is 0. The molecule has 1 aliphatic carbocycles. The number of rotatable bonds is 1. The Hall–Kier alpha value is -0.200. The predicted molar refractivity (Wildman–Crippen MR) is 43.1 cm³/mol. The molecule has 0 radical (unpaired) electrons. The Morgan fingerprint density at radius 1 is 1.23 bits per heavy atom. The lowest BCUT2D eigenvalue weighted by atomic mass is 9.80. The summed E-state index contributed by atoms with van der Waals surface area (Å²) in [4.78, 5) is 10.4. The molecule has 0 amide bonds. The summed E-state index contributed by atoms with van der Waals surface area (Å²) in [6, 6.07) is 0. The van der Waals surface area contributed by atoms with E-state index in [4.69, 9.17) is 11.6 Å². The lowest BCUT2D eigenvalue weighted by Crippen LogP contribution is -2.59. The molecule has 6 heteroatoms. The molecule has 2 atom stereocenters. The summed E-state index contributed by atoms with van der Waals surface area (Å²) in [5.74, 6) is 0. The van der Waals surface area contributed by atoms with E-state index in [-0.39, 0.29) is 19.1 Å². The summed E-state index contributed by atoms with van der Waals surface area (Å²) in [5.41, 5.74) is -1.81. The SMILES string of the molecule is O=CC1(O)C[C@@H](O)C(O)(Cl)[C@H](O)C1. The Labute approximate surface area is 79.6 Å². The number of hydrogen-bond acceptors (Lipinski definition) is 5. The molecular formula is C7H11ClO5. The Morgan fingerprint density at radius 2 is 1.62 bits per heavy atom. The van der Waals surface area contributed by atoms with Gasteiger partial charge in [0.2, 0.25) is 0 Å². The molecule has 1 aliphatic rings. The third-order valence-corrected chi connectivity index (χ3v) is 2.75. The highest BCUT2D eigenvalue weighted by molar-refractivity contribution is 6.23. The number of aliphatic hydroxyl groups is 4. The van der Waals surface area contributed by atoms with Crippen molar-refractivity contribution in [2.45, 2.75) is 35.7 Å². The van der Waals surface area contributed by atoms with Gasteiger partial charge in [0.25, 0.3) is 0 Å². The number of aliphatic hydroxyl groups excluding tert-OH is 2. The van der Waals surface area contributed by atoms with E-state index in [9.17, 15) is 25.2 Å². The Bertz CT molecular complexity index is 203. The van der Waals surface area contributed by atoms with E-state index in [1.165, 1.54) is 0 Å². The van der Waals surface area contributed by atoms with Crippen molar-refractivity contribution < 1.29 is 25.2 Å². The zero-order chi connectivity index (χ0) is 10.3. The van der Waals surface area contributed by atoms with Crippen molar-refractivity contribution in [1.29, 1.82) is 0 Å². The molecule has 5 nitrogen and oxygen atoms in total. The highest BCUT2D eigenvalue weighted by Gasteiger charge is 2.52. The van der Waals surface area contributed by atoms with Crippen LogP contribution >= 0.6 is 11.6 Å². The minimum absolute atomic E-state index is 0.228. The maximum atomic E-state index is 10.4. The van der Waals surface area contributed by atoms with Crippen molar-refractivity contribution in [3.05, 3.63) is 0 Å². The van der Waals surface area contributed by atoms with Crippen molar-refractivity contribution in [3.63, 3.8) is 0 Å². The van der Waals surface area contributed by atoms with Crippen LogP contribution < -0.4 is 0 Å². The summed E-state index contributed by atoms with van der Waals surface area (Å²) in [6.45, 7) is 0. The molecule has 0 aliphatic heterocycles. The Balaban J connectivity index is 2.85. The quantitative estimate of drug-likeness (QED) is 0.307. The summed E-state index contributed by atoms with van der Waals surface area (Å²) in [5, 5.41) is 34.9. The fourth-order valence-electron chi connectivity index (χ4n) is 1.36. The largest absolute Gasteiger partial charge is 0.389 e. The molecule has 0 bridgehead atoms. The summed E-state index contributed by atoms with van der Waals surface area (Å²) < 4.78 is 0. The Morgan fingerprint density at radius 3 is 1.92 bits per heavy atom. The van der Waals surface area contributed by atoms with Crippen LogP contribution in [0.2, 0.25) is 0 Å². The molecule has 1 saturated carbocycles. The molecule has 1 rings (SSSR count). The van der Waals surface area contributed by atoms with Crippen molar-refractivity contribution in [2.75, 3.05) is 0 Å². The maximum Gasteiger partial charge on any atom is 0.190 e. The van der Waals surface area contributed by atoms with E-state index in [1.54, 1.807) is 0 Å². The second-order valence-electron chi connectivity index (χ2n) is 3.39. The number of aldehydes is 1. The first-order valence-electron chi connectivity index (χ1n) is 3.78. The van der Waals surface area contributed by atoms with E-state index in [2.05, 4.69) is 0 Å². The molecule has 13 heavy (non-hydrogen) atoms. The average Bonchev–Trinajstić information content (AvgIpc) is 2.01. The van der Waals surface area contributed by atoms with Crippen molar-refractivity contribution >= 4 is 17.9 Å². The molecule has 0 aromatic heterocycles. The summed E-state index contributed by atoms with van der Waals surface area (Å²) in [6.07, 6.45) is -3.60. The van der Waals surface area contributed by atoms with E-state index >= 15 is 0 Å². The van der Waals surface area contributed by atoms with Gasteiger partial charge in [-0.1, -0.05) is 11.6 Å². The van der Waals surface area contributed by atoms with Crippen LogP contribution in [0, 0.1) is 0 Å². The van der Waals surface area contributed by atoms with Crippen LogP contribution in [-0.4, -0.2) is 49.6 Å². The van der Waals surface area contributed by atoms with Gasteiger partial charge in [-0.25, -0.2) is 0 Å². The van der Waals surface area contributed by atoms with Crippen LogP contribution in [-0.2, 0) is 4.79 Å². The van der Waals surface area contributed by atoms with Crippen LogP contribution in [0.15, 0.2) is 0 Å². The van der Waals surface area contributed by atoms with Gasteiger partial charge in [-0.3, -0.25) is 0 Å². The van der Waals surface area contributed by atoms with E-state index in [1.807, 2.05) is 0 Å². The first kappa shape index (κ1) is 10.9. The zero-order valence-corrected chi connectivity index (χ0v) is 7.48. The predicted octanol–water partition coefficient (Wildman–Crippen LogP) is -1.64. The second-order valence-corrected chi connectivity index (χ2v) is 3.99.